The van der Waals surface area contributed by atoms with Crippen molar-refractivity contribution in [3.8, 4) is 0 Å². The van der Waals surface area contributed by atoms with Crippen LogP contribution in [0.1, 0.15) is 48.4 Å². The van der Waals surface area contributed by atoms with Crippen molar-refractivity contribution in [2.45, 2.75) is 39.0 Å². The van der Waals surface area contributed by atoms with Gasteiger partial charge in [0.25, 0.3) is 5.91 Å². The van der Waals surface area contributed by atoms with Crippen molar-refractivity contribution in [1.82, 2.24) is 15.3 Å². The molecular formula is C16H26N4O2. The Labute approximate surface area is 132 Å². The molecule has 0 unspecified atom stereocenters. The monoisotopic (exact) mass is 306 g/mol. The van der Waals surface area contributed by atoms with E-state index in [2.05, 4.69) is 20.2 Å². The standard InChI is InChI=1S/C16H26N4O2/c1-13-18-14(16(21)17-8-7-11-22-2)12-15(19-13)20-9-5-3-4-6-10-20/h12H,3-11H2,1-2H3,(H,17,21). The highest BCUT2D eigenvalue weighted by molar-refractivity contribution is 5.92. The molecule has 122 valence electrons. The zero-order valence-electron chi connectivity index (χ0n) is 13.6. The van der Waals surface area contributed by atoms with Crippen LogP contribution in [0.4, 0.5) is 5.82 Å². The van der Waals surface area contributed by atoms with E-state index in [1.54, 1.807) is 7.11 Å². The van der Waals surface area contributed by atoms with E-state index in [0.717, 1.165) is 25.3 Å². The summed E-state index contributed by atoms with van der Waals surface area (Å²) in [6.07, 6.45) is 5.70. The molecule has 0 saturated carbocycles. The fourth-order valence-electron chi connectivity index (χ4n) is 2.64. The third kappa shape index (κ3) is 4.94. The van der Waals surface area contributed by atoms with E-state index in [1.165, 1.54) is 25.7 Å². The number of hydrogen-bond acceptors (Lipinski definition) is 5. The molecule has 1 amide bonds. The van der Waals surface area contributed by atoms with Crippen molar-refractivity contribution < 1.29 is 9.53 Å². The summed E-state index contributed by atoms with van der Waals surface area (Å²) in [4.78, 5) is 23.2. The number of nitrogens with zero attached hydrogens (tertiary/aromatic N) is 3. The van der Waals surface area contributed by atoms with Crippen LogP contribution in [0.25, 0.3) is 0 Å². The molecule has 6 nitrogen and oxygen atoms in total. The van der Waals surface area contributed by atoms with Gasteiger partial charge in [0.15, 0.2) is 0 Å². The fraction of sp³-hybridized carbons (Fsp3) is 0.688. The topological polar surface area (TPSA) is 67.3 Å². The van der Waals surface area contributed by atoms with Crippen LogP contribution in [0.5, 0.6) is 0 Å². The van der Waals surface area contributed by atoms with Crippen LogP contribution < -0.4 is 10.2 Å². The maximum atomic E-state index is 12.2. The Morgan fingerprint density at radius 3 is 2.68 bits per heavy atom. The minimum Gasteiger partial charge on any atom is -0.385 e. The third-order valence-corrected chi connectivity index (χ3v) is 3.80. The van der Waals surface area contributed by atoms with E-state index in [9.17, 15) is 4.79 Å². The average Bonchev–Trinajstić information content (AvgIpc) is 2.80. The molecule has 1 aromatic rings. The van der Waals surface area contributed by atoms with Gasteiger partial charge in [0, 0.05) is 39.4 Å². The van der Waals surface area contributed by atoms with Gasteiger partial charge < -0.3 is 15.0 Å². The molecule has 6 heteroatoms. The maximum absolute atomic E-state index is 12.2. The summed E-state index contributed by atoms with van der Waals surface area (Å²) < 4.78 is 4.98. The number of nitrogens with one attached hydrogen (secondary N) is 1. The Morgan fingerprint density at radius 2 is 2.00 bits per heavy atom. The SMILES string of the molecule is COCCCNC(=O)c1cc(N2CCCCCC2)nc(C)n1. The largest absolute Gasteiger partial charge is 0.385 e. The van der Waals surface area contributed by atoms with Gasteiger partial charge in [0.2, 0.25) is 0 Å². The number of aromatic nitrogens is 2. The quantitative estimate of drug-likeness (QED) is 0.813. The molecule has 1 fully saturated rings. The van der Waals surface area contributed by atoms with Crippen molar-refractivity contribution >= 4 is 11.7 Å². The number of amides is 1. The summed E-state index contributed by atoms with van der Waals surface area (Å²) in [6, 6.07) is 1.81. The predicted molar refractivity (Wildman–Crippen MR) is 86.3 cm³/mol. The van der Waals surface area contributed by atoms with Crippen LogP contribution >= 0.6 is 0 Å². The minimum absolute atomic E-state index is 0.141. The number of ether oxygens (including phenoxy) is 1. The molecule has 1 aromatic heterocycles. The molecule has 0 radical (unpaired) electrons. The van der Waals surface area contributed by atoms with Crippen LogP contribution in [-0.4, -0.2) is 49.2 Å². The second-order valence-corrected chi connectivity index (χ2v) is 5.66. The first-order valence-electron chi connectivity index (χ1n) is 8.08. The summed E-state index contributed by atoms with van der Waals surface area (Å²) in [7, 11) is 1.66. The van der Waals surface area contributed by atoms with Crippen LogP contribution in [0.2, 0.25) is 0 Å². The third-order valence-electron chi connectivity index (χ3n) is 3.80. The first-order valence-corrected chi connectivity index (χ1v) is 8.08. The Morgan fingerprint density at radius 1 is 1.27 bits per heavy atom. The van der Waals surface area contributed by atoms with Gasteiger partial charge in [-0.1, -0.05) is 12.8 Å². The van der Waals surface area contributed by atoms with Gasteiger partial charge in [-0.25, -0.2) is 9.97 Å². The Hall–Kier alpha value is -1.69. The van der Waals surface area contributed by atoms with E-state index < -0.39 is 0 Å². The van der Waals surface area contributed by atoms with Gasteiger partial charge in [-0.2, -0.15) is 0 Å². The van der Waals surface area contributed by atoms with E-state index in [0.29, 0.717) is 24.7 Å². The van der Waals surface area contributed by atoms with Gasteiger partial charge in [-0.3, -0.25) is 4.79 Å². The molecular weight excluding hydrogens is 280 g/mol. The molecule has 0 atom stereocenters. The van der Waals surface area contributed by atoms with Gasteiger partial charge >= 0.3 is 0 Å². The number of aryl methyl sites for hydroxylation is 1. The zero-order valence-corrected chi connectivity index (χ0v) is 13.6. The first-order chi connectivity index (χ1) is 10.7. The normalized spacial score (nSPS) is 15.5. The van der Waals surface area contributed by atoms with Gasteiger partial charge in [-0.15, -0.1) is 0 Å². The summed E-state index contributed by atoms with van der Waals surface area (Å²) in [5.74, 6) is 1.37. The molecule has 1 N–H and O–H groups in total. The molecule has 0 aliphatic carbocycles. The van der Waals surface area contributed by atoms with Crippen molar-refractivity contribution in [2.75, 3.05) is 38.3 Å². The second kappa shape index (κ2) is 8.68. The fourth-order valence-corrected chi connectivity index (χ4v) is 2.64. The molecule has 0 spiro atoms. The second-order valence-electron chi connectivity index (χ2n) is 5.66. The van der Waals surface area contributed by atoms with Crippen LogP contribution in [0.3, 0.4) is 0 Å². The minimum atomic E-state index is -0.141. The molecule has 22 heavy (non-hydrogen) atoms. The Balaban J connectivity index is 2.03. The van der Waals surface area contributed by atoms with Gasteiger partial charge in [0.1, 0.15) is 17.3 Å². The molecule has 0 bridgehead atoms. The lowest BCUT2D eigenvalue weighted by Crippen LogP contribution is -2.29. The van der Waals surface area contributed by atoms with Crippen LogP contribution in [0.15, 0.2) is 6.07 Å². The Kier molecular flexibility index (Phi) is 6.58. The van der Waals surface area contributed by atoms with Crippen LogP contribution in [0, 0.1) is 6.92 Å². The average molecular weight is 306 g/mol. The first kappa shape index (κ1) is 16.7. The number of anilines is 1. The number of carbonyl (C=O) groups is 1. The van der Waals surface area contributed by atoms with Crippen LogP contribution in [-0.2, 0) is 4.74 Å². The number of carbonyl (C=O) groups excluding carboxylic acids is 1. The summed E-state index contributed by atoms with van der Waals surface area (Å²) in [5, 5.41) is 2.88. The zero-order chi connectivity index (χ0) is 15.8. The molecule has 1 aliphatic heterocycles. The highest BCUT2D eigenvalue weighted by Crippen LogP contribution is 2.18. The van der Waals surface area contributed by atoms with E-state index >= 15 is 0 Å². The highest BCUT2D eigenvalue weighted by Gasteiger charge is 2.15. The number of rotatable bonds is 6. The van der Waals surface area contributed by atoms with Crippen molar-refractivity contribution in [3.63, 3.8) is 0 Å². The number of hydrogen-bond donors (Lipinski definition) is 1. The predicted octanol–water partition coefficient (Wildman–Crippen LogP) is 1.93. The highest BCUT2D eigenvalue weighted by atomic mass is 16.5. The lowest BCUT2D eigenvalue weighted by atomic mass is 10.2. The summed E-state index contributed by atoms with van der Waals surface area (Å²) in [5.41, 5.74) is 0.448. The molecule has 1 saturated heterocycles. The van der Waals surface area contributed by atoms with E-state index in [4.69, 9.17) is 4.74 Å². The lowest BCUT2D eigenvalue weighted by Gasteiger charge is -2.22. The molecule has 0 aromatic carbocycles. The van der Waals surface area contributed by atoms with Gasteiger partial charge in [-0.05, 0) is 26.2 Å². The van der Waals surface area contributed by atoms with E-state index in [-0.39, 0.29) is 5.91 Å². The van der Waals surface area contributed by atoms with Crippen molar-refractivity contribution in [3.05, 3.63) is 17.6 Å². The van der Waals surface area contributed by atoms with Gasteiger partial charge in [0.05, 0.1) is 0 Å². The smallest absolute Gasteiger partial charge is 0.270 e. The summed E-state index contributed by atoms with van der Waals surface area (Å²) >= 11 is 0. The van der Waals surface area contributed by atoms with Crippen molar-refractivity contribution in [1.29, 1.82) is 0 Å². The number of methoxy groups -OCH3 is 1. The Bertz CT molecular complexity index is 485. The van der Waals surface area contributed by atoms with Crippen molar-refractivity contribution in [2.24, 2.45) is 0 Å². The molecule has 2 heterocycles. The molecule has 1 aliphatic rings. The summed E-state index contributed by atoms with van der Waals surface area (Å²) in [6.45, 7) is 5.08. The lowest BCUT2D eigenvalue weighted by molar-refractivity contribution is 0.0943. The maximum Gasteiger partial charge on any atom is 0.270 e. The van der Waals surface area contributed by atoms with E-state index in [1.807, 2.05) is 13.0 Å². The molecule has 2 rings (SSSR count).